The molecule has 0 unspecified atom stereocenters. The molecule has 0 aliphatic rings. The molecule has 18 heavy (non-hydrogen) atoms. The average Bonchev–Trinajstić information content (AvgIpc) is 2.38. The van der Waals surface area contributed by atoms with Crippen LogP contribution in [0, 0.1) is 0 Å². The van der Waals surface area contributed by atoms with Crippen molar-refractivity contribution < 1.29 is 14.3 Å². The minimum Gasteiger partial charge on any atom is -0.461 e. The van der Waals surface area contributed by atoms with Gasteiger partial charge in [-0.15, -0.1) is 0 Å². The number of carbonyl (C=O) groups excluding carboxylic acids is 2. The van der Waals surface area contributed by atoms with Gasteiger partial charge in [-0.1, -0.05) is 30.3 Å². The number of nitrogens with one attached hydrogen (secondary N) is 1. The molecule has 0 radical (unpaired) electrons. The van der Waals surface area contributed by atoms with Crippen molar-refractivity contribution in [2.75, 3.05) is 6.54 Å². The largest absolute Gasteiger partial charge is 0.461 e. The molecule has 0 spiro atoms. The predicted octanol–water partition coefficient (Wildman–Crippen LogP) is 0.583. The fourth-order valence-corrected chi connectivity index (χ4v) is 1.37. The number of rotatable bonds is 6. The molecule has 1 amide bonds. The topological polar surface area (TPSA) is 81.4 Å². The molecule has 1 atom stereocenters. The van der Waals surface area contributed by atoms with E-state index in [2.05, 4.69) is 5.32 Å². The van der Waals surface area contributed by atoms with Crippen LogP contribution in [0.3, 0.4) is 0 Å². The summed E-state index contributed by atoms with van der Waals surface area (Å²) in [5, 5.41) is 2.55. The molecule has 1 aromatic carbocycles. The highest BCUT2D eigenvalue weighted by Gasteiger charge is 2.17. The van der Waals surface area contributed by atoms with Crippen LogP contribution in [0.4, 0.5) is 0 Å². The van der Waals surface area contributed by atoms with Gasteiger partial charge in [-0.2, -0.15) is 0 Å². The van der Waals surface area contributed by atoms with Crippen molar-refractivity contribution in [3.63, 3.8) is 0 Å². The Morgan fingerprint density at radius 3 is 2.61 bits per heavy atom. The van der Waals surface area contributed by atoms with E-state index < -0.39 is 12.0 Å². The van der Waals surface area contributed by atoms with Gasteiger partial charge in [0.05, 0.1) is 12.5 Å². The van der Waals surface area contributed by atoms with Crippen LogP contribution in [0.5, 0.6) is 0 Å². The number of hydrogen-bond acceptors (Lipinski definition) is 4. The van der Waals surface area contributed by atoms with Gasteiger partial charge in [-0.05, 0) is 12.5 Å². The third-order valence-corrected chi connectivity index (χ3v) is 2.32. The Bertz CT molecular complexity index is 392. The number of esters is 1. The molecular weight excluding hydrogens is 232 g/mol. The van der Waals surface area contributed by atoms with Gasteiger partial charge in [-0.3, -0.25) is 9.59 Å². The maximum absolute atomic E-state index is 11.5. The standard InChI is InChI=1S/C13H18N2O3/c1-2-15-13(17)11(14)8-12(16)18-9-10-6-4-3-5-7-10/h3-7,11H,2,8-9,14H2,1H3,(H,15,17)/t11-/m0/s1. The number of amides is 1. The van der Waals surface area contributed by atoms with E-state index in [-0.39, 0.29) is 18.9 Å². The summed E-state index contributed by atoms with van der Waals surface area (Å²) in [4.78, 5) is 22.8. The van der Waals surface area contributed by atoms with Crippen LogP contribution < -0.4 is 11.1 Å². The lowest BCUT2D eigenvalue weighted by molar-refractivity contribution is -0.146. The summed E-state index contributed by atoms with van der Waals surface area (Å²) in [7, 11) is 0. The Labute approximate surface area is 106 Å². The highest BCUT2D eigenvalue weighted by atomic mass is 16.5. The van der Waals surface area contributed by atoms with Crippen LogP contribution in [-0.2, 0) is 20.9 Å². The second kappa shape index (κ2) is 7.45. The highest BCUT2D eigenvalue weighted by Crippen LogP contribution is 2.02. The molecule has 5 nitrogen and oxygen atoms in total. The van der Waals surface area contributed by atoms with Gasteiger partial charge in [0.2, 0.25) is 5.91 Å². The first-order valence-electron chi connectivity index (χ1n) is 5.86. The first-order chi connectivity index (χ1) is 8.63. The molecule has 0 saturated carbocycles. The van der Waals surface area contributed by atoms with Crippen molar-refractivity contribution in [2.45, 2.75) is 26.0 Å². The van der Waals surface area contributed by atoms with E-state index in [1.807, 2.05) is 30.3 Å². The van der Waals surface area contributed by atoms with E-state index in [1.54, 1.807) is 6.92 Å². The molecule has 0 saturated heterocycles. The highest BCUT2D eigenvalue weighted by molar-refractivity contribution is 5.86. The lowest BCUT2D eigenvalue weighted by atomic mass is 10.2. The van der Waals surface area contributed by atoms with Crippen molar-refractivity contribution in [3.05, 3.63) is 35.9 Å². The first-order valence-corrected chi connectivity index (χ1v) is 5.86. The lowest BCUT2D eigenvalue weighted by Gasteiger charge is -2.10. The molecule has 1 rings (SSSR count). The van der Waals surface area contributed by atoms with Crippen molar-refractivity contribution in [1.29, 1.82) is 0 Å². The number of likely N-dealkylation sites (N-methyl/N-ethyl adjacent to an activating group) is 1. The molecule has 0 aliphatic carbocycles. The average molecular weight is 250 g/mol. The zero-order chi connectivity index (χ0) is 13.4. The van der Waals surface area contributed by atoms with E-state index in [4.69, 9.17) is 10.5 Å². The van der Waals surface area contributed by atoms with Crippen LogP contribution in [-0.4, -0.2) is 24.5 Å². The van der Waals surface area contributed by atoms with Crippen LogP contribution in [0.2, 0.25) is 0 Å². The number of ether oxygens (including phenoxy) is 1. The second-order valence-electron chi connectivity index (χ2n) is 3.85. The molecule has 5 heteroatoms. The Kier molecular flexibility index (Phi) is 5.87. The normalized spacial score (nSPS) is 11.7. The van der Waals surface area contributed by atoms with Gasteiger partial charge < -0.3 is 15.8 Å². The van der Waals surface area contributed by atoms with E-state index in [0.717, 1.165) is 5.56 Å². The molecule has 98 valence electrons. The van der Waals surface area contributed by atoms with Gasteiger partial charge in [0.1, 0.15) is 6.61 Å². The Balaban J connectivity index is 2.31. The summed E-state index contributed by atoms with van der Waals surface area (Å²) < 4.78 is 5.03. The van der Waals surface area contributed by atoms with Crippen LogP contribution >= 0.6 is 0 Å². The predicted molar refractivity (Wildman–Crippen MR) is 67.5 cm³/mol. The zero-order valence-electron chi connectivity index (χ0n) is 10.4. The Morgan fingerprint density at radius 1 is 1.33 bits per heavy atom. The van der Waals surface area contributed by atoms with E-state index in [1.165, 1.54) is 0 Å². The van der Waals surface area contributed by atoms with Crippen molar-refractivity contribution in [1.82, 2.24) is 5.32 Å². The third kappa shape index (κ3) is 4.97. The quantitative estimate of drug-likeness (QED) is 0.724. The molecule has 1 aromatic rings. The summed E-state index contributed by atoms with van der Waals surface area (Å²) >= 11 is 0. The van der Waals surface area contributed by atoms with Gasteiger partial charge in [0.25, 0.3) is 0 Å². The molecule has 0 heterocycles. The van der Waals surface area contributed by atoms with Crippen LogP contribution in [0.1, 0.15) is 18.9 Å². The van der Waals surface area contributed by atoms with E-state index >= 15 is 0 Å². The number of hydrogen-bond donors (Lipinski definition) is 2. The summed E-state index contributed by atoms with van der Waals surface area (Å²) in [6.45, 7) is 2.48. The smallest absolute Gasteiger partial charge is 0.308 e. The summed E-state index contributed by atoms with van der Waals surface area (Å²) in [6, 6.07) is 8.48. The summed E-state index contributed by atoms with van der Waals surface area (Å²) in [6.07, 6.45) is -0.112. The fraction of sp³-hybridized carbons (Fsp3) is 0.385. The molecule has 3 N–H and O–H groups in total. The van der Waals surface area contributed by atoms with E-state index in [9.17, 15) is 9.59 Å². The van der Waals surface area contributed by atoms with Crippen LogP contribution in [0.25, 0.3) is 0 Å². The van der Waals surface area contributed by atoms with E-state index in [0.29, 0.717) is 6.54 Å². The third-order valence-electron chi connectivity index (χ3n) is 2.32. The summed E-state index contributed by atoms with van der Waals surface area (Å²) in [5.41, 5.74) is 6.46. The fourth-order valence-electron chi connectivity index (χ4n) is 1.37. The number of benzene rings is 1. The minimum atomic E-state index is -0.853. The maximum Gasteiger partial charge on any atom is 0.308 e. The Morgan fingerprint density at radius 2 is 2.00 bits per heavy atom. The first kappa shape index (κ1) is 14.2. The molecule has 0 bridgehead atoms. The Hall–Kier alpha value is -1.88. The van der Waals surface area contributed by atoms with Gasteiger partial charge in [0.15, 0.2) is 0 Å². The summed E-state index contributed by atoms with van der Waals surface area (Å²) in [5.74, 6) is -0.813. The molecule has 0 fully saturated rings. The molecular formula is C13H18N2O3. The zero-order valence-corrected chi connectivity index (χ0v) is 10.4. The van der Waals surface area contributed by atoms with Gasteiger partial charge in [0, 0.05) is 6.54 Å². The number of carbonyl (C=O) groups is 2. The van der Waals surface area contributed by atoms with Crippen molar-refractivity contribution in [3.8, 4) is 0 Å². The second-order valence-corrected chi connectivity index (χ2v) is 3.85. The van der Waals surface area contributed by atoms with Crippen LogP contribution in [0.15, 0.2) is 30.3 Å². The molecule has 0 aliphatic heterocycles. The lowest BCUT2D eigenvalue weighted by Crippen LogP contribution is -2.42. The van der Waals surface area contributed by atoms with Crippen molar-refractivity contribution >= 4 is 11.9 Å². The van der Waals surface area contributed by atoms with Gasteiger partial charge in [-0.25, -0.2) is 0 Å². The molecule has 0 aromatic heterocycles. The minimum absolute atomic E-state index is 0.112. The number of nitrogens with two attached hydrogens (primary N) is 1. The monoisotopic (exact) mass is 250 g/mol. The SMILES string of the molecule is CCNC(=O)[C@@H](N)CC(=O)OCc1ccccc1. The van der Waals surface area contributed by atoms with Gasteiger partial charge >= 0.3 is 5.97 Å². The maximum atomic E-state index is 11.5. The van der Waals surface area contributed by atoms with Crippen molar-refractivity contribution in [2.24, 2.45) is 5.73 Å².